The van der Waals surface area contributed by atoms with E-state index in [-0.39, 0.29) is 0 Å². The number of nitrogens with two attached hydrogens (primary N) is 1. The fourth-order valence-electron chi connectivity index (χ4n) is 1.80. The summed E-state index contributed by atoms with van der Waals surface area (Å²) in [4.78, 5) is 15.7. The number of aromatic nitrogens is 1. The van der Waals surface area contributed by atoms with E-state index >= 15 is 0 Å². The van der Waals surface area contributed by atoms with Gasteiger partial charge in [0.15, 0.2) is 0 Å². The molecule has 0 aliphatic heterocycles. The number of carbonyl (C=O) groups is 1. The average Bonchev–Trinajstić information content (AvgIpc) is 2.40. The standard InChI is InChI=1S/C14H14N2O2/c1-18-9-10-5-6-11(14(15)17)12(8-10)13-4-2-3-7-16-13/h2-8H,9H2,1H3,(H2,15,17). The summed E-state index contributed by atoms with van der Waals surface area (Å²) in [7, 11) is 1.63. The highest BCUT2D eigenvalue weighted by Gasteiger charge is 2.11. The monoisotopic (exact) mass is 242 g/mol. The Morgan fingerprint density at radius 2 is 2.17 bits per heavy atom. The lowest BCUT2D eigenvalue weighted by Gasteiger charge is -2.08. The van der Waals surface area contributed by atoms with Crippen LogP contribution in [0.15, 0.2) is 42.6 Å². The van der Waals surface area contributed by atoms with E-state index in [1.54, 1.807) is 19.4 Å². The fourth-order valence-corrected chi connectivity index (χ4v) is 1.80. The summed E-state index contributed by atoms with van der Waals surface area (Å²) in [5.41, 5.74) is 8.28. The smallest absolute Gasteiger partial charge is 0.249 e. The second-order valence-electron chi connectivity index (χ2n) is 3.89. The van der Waals surface area contributed by atoms with Crippen molar-refractivity contribution in [1.82, 2.24) is 4.98 Å². The molecule has 0 fully saturated rings. The highest BCUT2D eigenvalue weighted by atomic mass is 16.5. The second kappa shape index (κ2) is 5.42. The lowest BCUT2D eigenvalue weighted by molar-refractivity contribution is 0.100. The van der Waals surface area contributed by atoms with Crippen LogP contribution >= 0.6 is 0 Å². The lowest BCUT2D eigenvalue weighted by atomic mass is 10.0. The predicted octanol–water partition coefficient (Wildman–Crippen LogP) is 1.99. The molecule has 1 heterocycles. The normalized spacial score (nSPS) is 10.3. The average molecular weight is 242 g/mol. The summed E-state index contributed by atoms with van der Waals surface area (Å²) in [6.07, 6.45) is 1.68. The lowest BCUT2D eigenvalue weighted by Crippen LogP contribution is -2.13. The van der Waals surface area contributed by atoms with Gasteiger partial charge in [0.2, 0.25) is 5.91 Å². The van der Waals surface area contributed by atoms with Crippen LogP contribution in [0.1, 0.15) is 15.9 Å². The Hall–Kier alpha value is -2.20. The van der Waals surface area contributed by atoms with Gasteiger partial charge in [-0.15, -0.1) is 0 Å². The number of ether oxygens (including phenoxy) is 1. The number of pyridine rings is 1. The van der Waals surface area contributed by atoms with Crippen molar-refractivity contribution in [1.29, 1.82) is 0 Å². The van der Waals surface area contributed by atoms with E-state index in [9.17, 15) is 4.79 Å². The number of hydrogen-bond acceptors (Lipinski definition) is 3. The van der Waals surface area contributed by atoms with Gasteiger partial charge in [-0.25, -0.2) is 0 Å². The molecule has 0 saturated heterocycles. The first kappa shape index (κ1) is 12.3. The van der Waals surface area contributed by atoms with Crippen LogP contribution in [0, 0.1) is 0 Å². The molecule has 0 saturated carbocycles. The van der Waals surface area contributed by atoms with Gasteiger partial charge < -0.3 is 10.5 Å². The molecule has 4 nitrogen and oxygen atoms in total. The molecule has 0 unspecified atom stereocenters. The molecule has 2 N–H and O–H groups in total. The van der Waals surface area contributed by atoms with Gasteiger partial charge in [-0.05, 0) is 29.8 Å². The largest absolute Gasteiger partial charge is 0.380 e. The maximum atomic E-state index is 11.4. The maximum absolute atomic E-state index is 11.4. The Kier molecular flexibility index (Phi) is 3.69. The van der Waals surface area contributed by atoms with Crippen LogP contribution in [0.25, 0.3) is 11.3 Å². The molecule has 0 radical (unpaired) electrons. The molecule has 0 aliphatic carbocycles. The van der Waals surface area contributed by atoms with Gasteiger partial charge in [0, 0.05) is 24.4 Å². The molecular formula is C14H14N2O2. The molecule has 1 aromatic heterocycles. The Morgan fingerprint density at radius 1 is 1.33 bits per heavy atom. The molecule has 0 aliphatic rings. The predicted molar refractivity (Wildman–Crippen MR) is 68.9 cm³/mol. The van der Waals surface area contributed by atoms with E-state index in [1.165, 1.54) is 0 Å². The van der Waals surface area contributed by atoms with Crippen molar-refractivity contribution < 1.29 is 9.53 Å². The van der Waals surface area contributed by atoms with Gasteiger partial charge in [0.25, 0.3) is 0 Å². The van der Waals surface area contributed by atoms with E-state index < -0.39 is 5.91 Å². The topological polar surface area (TPSA) is 65.2 Å². The van der Waals surface area contributed by atoms with E-state index in [2.05, 4.69) is 4.98 Å². The van der Waals surface area contributed by atoms with E-state index in [4.69, 9.17) is 10.5 Å². The van der Waals surface area contributed by atoms with Crippen LogP contribution in [0.4, 0.5) is 0 Å². The highest BCUT2D eigenvalue weighted by molar-refractivity contribution is 5.99. The van der Waals surface area contributed by atoms with Gasteiger partial charge in [0.05, 0.1) is 12.3 Å². The molecular weight excluding hydrogens is 228 g/mol. The Balaban J connectivity index is 2.54. The molecule has 1 aromatic carbocycles. The summed E-state index contributed by atoms with van der Waals surface area (Å²) >= 11 is 0. The quantitative estimate of drug-likeness (QED) is 0.891. The molecule has 2 rings (SSSR count). The van der Waals surface area contributed by atoms with Crippen LogP contribution < -0.4 is 5.73 Å². The molecule has 92 valence electrons. The SMILES string of the molecule is COCc1ccc(C(N)=O)c(-c2ccccn2)c1. The van der Waals surface area contributed by atoms with Gasteiger partial charge in [-0.3, -0.25) is 9.78 Å². The second-order valence-corrected chi connectivity index (χ2v) is 3.89. The van der Waals surface area contributed by atoms with Crippen molar-refractivity contribution in [2.75, 3.05) is 7.11 Å². The Bertz CT molecular complexity index is 553. The van der Waals surface area contributed by atoms with Crippen LogP contribution in [-0.4, -0.2) is 18.0 Å². The number of methoxy groups -OCH3 is 1. The highest BCUT2D eigenvalue weighted by Crippen LogP contribution is 2.23. The van der Waals surface area contributed by atoms with Crippen molar-refractivity contribution in [3.8, 4) is 11.3 Å². The van der Waals surface area contributed by atoms with Gasteiger partial charge in [-0.1, -0.05) is 12.1 Å². The van der Waals surface area contributed by atoms with Crippen molar-refractivity contribution in [2.24, 2.45) is 5.73 Å². The van der Waals surface area contributed by atoms with Crippen LogP contribution in [0.2, 0.25) is 0 Å². The van der Waals surface area contributed by atoms with Gasteiger partial charge in [0.1, 0.15) is 0 Å². The first-order valence-electron chi connectivity index (χ1n) is 5.55. The summed E-state index contributed by atoms with van der Waals surface area (Å²) in [6.45, 7) is 0.485. The third-order valence-electron chi connectivity index (χ3n) is 2.60. The molecule has 0 spiro atoms. The van der Waals surface area contributed by atoms with E-state index in [0.29, 0.717) is 12.2 Å². The minimum atomic E-state index is -0.459. The number of amides is 1. The Labute approximate surface area is 105 Å². The van der Waals surface area contributed by atoms with Crippen LogP contribution in [0.5, 0.6) is 0 Å². The molecule has 18 heavy (non-hydrogen) atoms. The van der Waals surface area contributed by atoms with Gasteiger partial charge in [-0.2, -0.15) is 0 Å². The number of carbonyl (C=O) groups excluding carboxylic acids is 1. The molecule has 4 heteroatoms. The van der Waals surface area contributed by atoms with E-state index in [0.717, 1.165) is 16.8 Å². The minimum absolute atomic E-state index is 0.459. The number of nitrogens with zero attached hydrogens (tertiary/aromatic N) is 1. The van der Waals surface area contributed by atoms with Crippen molar-refractivity contribution in [2.45, 2.75) is 6.61 Å². The zero-order valence-electron chi connectivity index (χ0n) is 10.1. The molecule has 0 bridgehead atoms. The first-order valence-corrected chi connectivity index (χ1v) is 5.55. The minimum Gasteiger partial charge on any atom is -0.380 e. The molecule has 2 aromatic rings. The van der Waals surface area contributed by atoms with Crippen LogP contribution in [0.3, 0.4) is 0 Å². The summed E-state index contributed by atoms with van der Waals surface area (Å²) in [6, 6.07) is 11.0. The third kappa shape index (κ3) is 2.55. The number of benzene rings is 1. The zero-order chi connectivity index (χ0) is 13.0. The Morgan fingerprint density at radius 3 is 2.78 bits per heavy atom. The first-order chi connectivity index (χ1) is 8.72. The number of rotatable bonds is 4. The summed E-state index contributed by atoms with van der Waals surface area (Å²) in [5.74, 6) is -0.459. The van der Waals surface area contributed by atoms with Gasteiger partial charge >= 0.3 is 0 Å². The molecule has 1 amide bonds. The number of primary amides is 1. The maximum Gasteiger partial charge on any atom is 0.249 e. The van der Waals surface area contributed by atoms with Crippen molar-refractivity contribution >= 4 is 5.91 Å². The molecule has 0 atom stereocenters. The number of hydrogen-bond donors (Lipinski definition) is 1. The van der Waals surface area contributed by atoms with Crippen LogP contribution in [-0.2, 0) is 11.3 Å². The summed E-state index contributed by atoms with van der Waals surface area (Å²) < 4.78 is 5.08. The van der Waals surface area contributed by atoms with E-state index in [1.807, 2.05) is 30.3 Å². The van der Waals surface area contributed by atoms with Crippen molar-refractivity contribution in [3.63, 3.8) is 0 Å². The van der Waals surface area contributed by atoms with Crippen molar-refractivity contribution in [3.05, 3.63) is 53.7 Å². The third-order valence-corrected chi connectivity index (χ3v) is 2.60. The summed E-state index contributed by atoms with van der Waals surface area (Å²) in [5, 5.41) is 0. The fraction of sp³-hybridized carbons (Fsp3) is 0.143. The zero-order valence-corrected chi connectivity index (χ0v) is 10.1.